The molecule has 2 fully saturated rings. The third-order valence-corrected chi connectivity index (χ3v) is 6.85. The first-order valence-corrected chi connectivity index (χ1v) is 12.2. The summed E-state index contributed by atoms with van der Waals surface area (Å²) in [6.45, 7) is 4.14. The number of piperidine rings is 1. The Morgan fingerprint density at radius 2 is 1.78 bits per heavy atom. The lowest BCUT2D eigenvalue weighted by molar-refractivity contribution is -0.116. The summed E-state index contributed by atoms with van der Waals surface area (Å²) in [5, 5.41) is 3.03. The van der Waals surface area contributed by atoms with Crippen LogP contribution < -0.4 is 10.2 Å². The van der Waals surface area contributed by atoms with Crippen LogP contribution in [0.25, 0.3) is 0 Å². The van der Waals surface area contributed by atoms with Crippen molar-refractivity contribution in [1.82, 2.24) is 4.90 Å². The van der Waals surface area contributed by atoms with Crippen molar-refractivity contribution < 1.29 is 9.53 Å². The summed E-state index contributed by atoms with van der Waals surface area (Å²) >= 11 is 0. The number of carbonyl (C=O) groups is 1. The summed E-state index contributed by atoms with van der Waals surface area (Å²) in [5.41, 5.74) is 3.30. The molecule has 0 unspecified atom stereocenters. The van der Waals surface area contributed by atoms with Crippen molar-refractivity contribution in [2.75, 3.05) is 43.5 Å². The van der Waals surface area contributed by atoms with Gasteiger partial charge in [-0.1, -0.05) is 30.3 Å². The molecular formula is C27H37N3O2. The molecule has 2 heterocycles. The van der Waals surface area contributed by atoms with Gasteiger partial charge in [0, 0.05) is 50.1 Å². The van der Waals surface area contributed by atoms with Crippen molar-refractivity contribution in [3.8, 4) is 0 Å². The molecule has 2 aliphatic heterocycles. The molecule has 4 rings (SSSR count). The summed E-state index contributed by atoms with van der Waals surface area (Å²) in [5.74, 6) is 0.0624. The Bertz CT molecular complexity index is 826. The molecule has 0 saturated carbocycles. The van der Waals surface area contributed by atoms with E-state index in [9.17, 15) is 4.79 Å². The van der Waals surface area contributed by atoms with Crippen molar-refractivity contribution in [2.24, 2.45) is 0 Å². The van der Waals surface area contributed by atoms with Crippen LogP contribution in [0.3, 0.4) is 0 Å². The lowest BCUT2D eigenvalue weighted by atomic mass is 10.0. The van der Waals surface area contributed by atoms with Gasteiger partial charge in [-0.2, -0.15) is 0 Å². The zero-order valence-corrected chi connectivity index (χ0v) is 19.3. The van der Waals surface area contributed by atoms with E-state index < -0.39 is 0 Å². The Labute approximate surface area is 192 Å². The van der Waals surface area contributed by atoms with E-state index in [0.717, 1.165) is 38.3 Å². The summed E-state index contributed by atoms with van der Waals surface area (Å²) in [7, 11) is 2.26. The average molecular weight is 436 g/mol. The molecule has 1 N–H and O–H groups in total. The average Bonchev–Trinajstić information content (AvgIpc) is 2.85. The van der Waals surface area contributed by atoms with Gasteiger partial charge in [0.15, 0.2) is 0 Å². The number of carbonyl (C=O) groups excluding carboxylic acids is 1. The Kier molecular flexibility index (Phi) is 8.18. The fourth-order valence-electron chi connectivity index (χ4n) is 4.87. The van der Waals surface area contributed by atoms with Crippen LogP contribution >= 0.6 is 0 Å². The van der Waals surface area contributed by atoms with Gasteiger partial charge >= 0.3 is 0 Å². The van der Waals surface area contributed by atoms with E-state index in [1.54, 1.807) is 0 Å². The topological polar surface area (TPSA) is 44.8 Å². The molecule has 0 bridgehead atoms. The van der Waals surface area contributed by atoms with E-state index in [1.807, 2.05) is 30.3 Å². The van der Waals surface area contributed by atoms with Crippen LogP contribution in [0.15, 0.2) is 54.6 Å². The quantitative estimate of drug-likeness (QED) is 0.651. The largest absolute Gasteiger partial charge is 0.377 e. The monoisotopic (exact) mass is 435 g/mol. The maximum absolute atomic E-state index is 12.3. The van der Waals surface area contributed by atoms with E-state index in [1.165, 1.54) is 43.4 Å². The lowest BCUT2D eigenvalue weighted by Crippen LogP contribution is -2.46. The second-order valence-electron chi connectivity index (χ2n) is 9.23. The number of likely N-dealkylation sites (N-methyl/N-ethyl adjacent to an activating group) is 1. The molecule has 0 aromatic heterocycles. The molecule has 2 saturated heterocycles. The van der Waals surface area contributed by atoms with Gasteiger partial charge < -0.3 is 19.9 Å². The molecule has 2 aliphatic rings. The van der Waals surface area contributed by atoms with E-state index in [4.69, 9.17) is 4.74 Å². The lowest BCUT2D eigenvalue weighted by Gasteiger charge is -2.39. The Balaban J connectivity index is 1.20. The van der Waals surface area contributed by atoms with Gasteiger partial charge in [0.1, 0.15) is 0 Å². The Morgan fingerprint density at radius 1 is 1.03 bits per heavy atom. The standard InChI is InChI=1S/C27H37N3O2/c1-29(21-26-9-5-6-20-32-26)24-16-18-30(19-17-24)25-13-11-23(12-14-25)28-27(31)15-10-22-7-3-2-4-8-22/h2-4,7-8,11-14,24,26H,5-6,9-10,15-21H2,1H3,(H,28,31)/t26-/m0/s1. The SMILES string of the molecule is CN(C[C@@H]1CCCCO1)C1CCN(c2ccc(NC(=O)CCc3ccccc3)cc2)CC1. The fourth-order valence-corrected chi connectivity index (χ4v) is 4.87. The van der Waals surface area contributed by atoms with Gasteiger partial charge in [0.2, 0.25) is 5.91 Å². The van der Waals surface area contributed by atoms with Crippen molar-refractivity contribution in [3.05, 3.63) is 60.2 Å². The minimum Gasteiger partial charge on any atom is -0.377 e. The van der Waals surface area contributed by atoms with Crippen molar-refractivity contribution in [3.63, 3.8) is 0 Å². The highest BCUT2D eigenvalue weighted by molar-refractivity contribution is 5.91. The first-order chi connectivity index (χ1) is 15.7. The van der Waals surface area contributed by atoms with Gasteiger partial charge in [-0.15, -0.1) is 0 Å². The van der Waals surface area contributed by atoms with Gasteiger partial charge in [-0.05, 0) is 75.4 Å². The summed E-state index contributed by atoms with van der Waals surface area (Å²) < 4.78 is 5.92. The number of nitrogens with zero attached hydrogens (tertiary/aromatic N) is 2. The highest BCUT2D eigenvalue weighted by atomic mass is 16.5. The van der Waals surface area contributed by atoms with E-state index in [2.05, 4.69) is 46.4 Å². The number of benzene rings is 2. The van der Waals surface area contributed by atoms with Gasteiger partial charge in [-0.25, -0.2) is 0 Å². The van der Waals surface area contributed by atoms with E-state index >= 15 is 0 Å². The summed E-state index contributed by atoms with van der Waals surface area (Å²) in [6.07, 6.45) is 7.78. The zero-order chi connectivity index (χ0) is 22.2. The van der Waals surface area contributed by atoms with Gasteiger partial charge in [0.05, 0.1) is 6.10 Å². The molecular weight excluding hydrogens is 398 g/mol. The van der Waals surface area contributed by atoms with Crippen LogP contribution in [0.5, 0.6) is 0 Å². The smallest absolute Gasteiger partial charge is 0.224 e. The first kappa shape index (κ1) is 22.8. The molecule has 1 amide bonds. The maximum atomic E-state index is 12.3. The third kappa shape index (κ3) is 6.57. The molecule has 5 heteroatoms. The molecule has 0 radical (unpaired) electrons. The first-order valence-electron chi connectivity index (χ1n) is 12.2. The number of hydrogen-bond donors (Lipinski definition) is 1. The van der Waals surface area contributed by atoms with Crippen LogP contribution in [0.4, 0.5) is 11.4 Å². The molecule has 0 aliphatic carbocycles. The molecule has 172 valence electrons. The van der Waals surface area contributed by atoms with E-state index in [-0.39, 0.29) is 5.91 Å². The maximum Gasteiger partial charge on any atom is 0.224 e. The number of amides is 1. The van der Waals surface area contributed by atoms with Gasteiger partial charge in [0.25, 0.3) is 0 Å². The second kappa shape index (κ2) is 11.5. The number of nitrogens with one attached hydrogen (secondary N) is 1. The van der Waals surface area contributed by atoms with Crippen molar-refractivity contribution in [1.29, 1.82) is 0 Å². The van der Waals surface area contributed by atoms with Crippen LogP contribution in [-0.2, 0) is 16.0 Å². The highest BCUT2D eigenvalue weighted by Gasteiger charge is 2.25. The van der Waals surface area contributed by atoms with Crippen molar-refractivity contribution >= 4 is 17.3 Å². The Hall–Kier alpha value is -2.37. The minimum atomic E-state index is 0.0624. The zero-order valence-electron chi connectivity index (χ0n) is 19.3. The second-order valence-corrected chi connectivity index (χ2v) is 9.23. The molecule has 32 heavy (non-hydrogen) atoms. The number of ether oxygens (including phenoxy) is 1. The van der Waals surface area contributed by atoms with Crippen LogP contribution in [-0.4, -0.2) is 56.2 Å². The normalized spacial score (nSPS) is 19.8. The molecule has 2 aromatic carbocycles. The Morgan fingerprint density at radius 3 is 2.47 bits per heavy atom. The predicted octanol–water partition coefficient (Wildman–Crippen LogP) is 4.73. The summed E-state index contributed by atoms with van der Waals surface area (Å²) in [4.78, 5) is 17.3. The number of hydrogen-bond acceptors (Lipinski definition) is 4. The van der Waals surface area contributed by atoms with Crippen LogP contribution in [0.1, 0.15) is 44.1 Å². The molecule has 5 nitrogen and oxygen atoms in total. The van der Waals surface area contributed by atoms with Gasteiger partial charge in [-0.3, -0.25) is 4.79 Å². The van der Waals surface area contributed by atoms with Crippen molar-refractivity contribution in [2.45, 2.75) is 57.1 Å². The van der Waals surface area contributed by atoms with E-state index in [0.29, 0.717) is 18.6 Å². The predicted molar refractivity (Wildman–Crippen MR) is 131 cm³/mol. The molecule has 0 spiro atoms. The van der Waals surface area contributed by atoms with Crippen LogP contribution in [0.2, 0.25) is 0 Å². The number of anilines is 2. The van der Waals surface area contributed by atoms with Crippen LogP contribution in [0, 0.1) is 0 Å². The number of rotatable bonds is 8. The fraction of sp³-hybridized carbons (Fsp3) is 0.519. The highest BCUT2D eigenvalue weighted by Crippen LogP contribution is 2.25. The summed E-state index contributed by atoms with van der Waals surface area (Å²) in [6, 6.07) is 19.1. The number of aryl methyl sites for hydroxylation is 1. The molecule has 1 atom stereocenters. The third-order valence-electron chi connectivity index (χ3n) is 6.85. The molecule has 2 aromatic rings. The minimum absolute atomic E-state index is 0.0624.